The zero-order chi connectivity index (χ0) is 14.8. The van der Waals surface area contributed by atoms with Gasteiger partial charge in [-0.3, -0.25) is 4.79 Å². The molecule has 1 fully saturated rings. The second-order valence-electron chi connectivity index (χ2n) is 5.62. The van der Waals surface area contributed by atoms with Crippen molar-refractivity contribution in [3.05, 3.63) is 27.7 Å². The molecule has 0 bridgehead atoms. The normalized spacial score (nSPS) is 17.3. The summed E-state index contributed by atoms with van der Waals surface area (Å²) in [4.78, 5) is 12.6. The number of amides is 1. The standard InChI is InChI=1S/C16H19BrN2O/c1-11-8-13(17)9-12(2)14(11)19-15(20)16(10-18)6-4-3-5-7-16/h8-9H,3-7H2,1-2H3,(H,19,20). The highest BCUT2D eigenvalue weighted by Gasteiger charge is 2.40. The number of rotatable bonds is 2. The van der Waals surface area contributed by atoms with Crippen LogP contribution in [0.5, 0.6) is 0 Å². The number of hydrogen-bond donors (Lipinski definition) is 1. The van der Waals surface area contributed by atoms with E-state index in [1.54, 1.807) is 0 Å². The van der Waals surface area contributed by atoms with Crippen LogP contribution >= 0.6 is 15.9 Å². The minimum atomic E-state index is -0.843. The lowest BCUT2D eigenvalue weighted by Crippen LogP contribution is -2.37. The van der Waals surface area contributed by atoms with Crippen molar-refractivity contribution in [2.45, 2.75) is 46.0 Å². The molecule has 1 aromatic rings. The van der Waals surface area contributed by atoms with Crippen LogP contribution in [0.3, 0.4) is 0 Å². The molecule has 0 aliphatic heterocycles. The fraction of sp³-hybridized carbons (Fsp3) is 0.500. The number of aryl methyl sites for hydroxylation is 2. The van der Waals surface area contributed by atoms with Crippen molar-refractivity contribution < 1.29 is 4.79 Å². The molecule has 0 unspecified atom stereocenters. The molecular weight excluding hydrogens is 316 g/mol. The predicted molar refractivity (Wildman–Crippen MR) is 83.4 cm³/mol. The zero-order valence-corrected chi connectivity index (χ0v) is 13.5. The molecule has 106 valence electrons. The van der Waals surface area contributed by atoms with Gasteiger partial charge in [-0.05, 0) is 49.9 Å². The van der Waals surface area contributed by atoms with E-state index in [1.165, 1.54) is 0 Å². The Bertz CT molecular complexity index is 545. The monoisotopic (exact) mass is 334 g/mol. The van der Waals surface area contributed by atoms with Gasteiger partial charge in [-0.2, -0.15) is 5.26 Å². The van der Waals surface area contributed by atoms with E-state index in [-0.39, 0.29) is 5.91 Å². The highest BCUT2D eigenvalue weighted by molar-refractivity contribution is 9.10. The number of carbonyl (C=O) groups is 1. The maximum absolute atomic E-state index is 12.6. The zero-order valence-electron chi connectivity index (χ0n) is 11.9. The Morgan fingerprint density at radius 3 is 2.30 bits per heavy atom. The summed E-state index contributed by atoms with van der Waals surface area (Å²) < 4.78 is 0.998. The van der Waals surface area contributed by atoms with E-state index in [9.17, 15) is 10.1 Å². The first kappa shape index (κ1) is 15.1. The first-order valence-corrected chi connectivity index (χ1v) is 7.77. The Balaban J connectivity index is 2.26. The van der Waals surface area contributed by atoms with Gasteiger partial charge in [0.2, 0.25) is 5.91 Å². The number of nitriles is 1. The topological polar surface area (TPSA) is 52.9 Å². The first-order chi connectivity index (χ1) is 9.48. The SMILES string of the molecule is Cc1cc(Br)cc(C)c1NC(=O)C1(C#N)CCCCC1. The smallest absolute Gasteiger partial charge is 0.244 e. The summed E-state index contributed by atoms with van der Waals surface area (Å²) in [6, 6.07) is 6.22. The van der Waals surface area contributed by atoms with Gasteiger partial charge < -0.3 is 5.32 Å². The highest BCUT2D eigenvalue weighted by Crippen LogP contribution is 2.37. The number of carbonyl (C=O) groups excluding carboxylic acids is 1. The van der Waals surface area contributed by atoms with Gasteiger partial charge in [0.1, 0.15) is 5.41 Å². The lowest BCUT2D eigenvalue weighted by Gasteiger charge is -2.29. The maximum atomic E-state index is 12.6. The lowest BCUT2D eigenvalue weighted by atomic mass is 9.74. The molecular formula is C16H19BrN2O. The quantitative estimate of drug-likeness (QED) is 0.866. The Labute approximate surface area is 128 Å². The van der Waals surface area contributed by atoms with Crippen molar-refractivity contribution >= 4 is 27.5 Å². The summed E-state index contributed by atoms with van der Waals surface area (Å²) >= 11 is 3.45. The van der Waals surface area contributed by atoms with E-state index in [2.05, 4.69) is 27.3 Å². The van der Waals surface area contributed by atoms with Crippen LogP contribution in [-0.2, 0) is 4.79 Å². The molecule has 0 atom stereocenters. The number of hydrogen-bond acceptors (Lipinski definition) is 2. The van der Waals surface area contributed by atoms with Crippen molar-refractivity contribution in [3.8, 4) is 6.07 Å². The van der Waals surface area contributed by atoms with Gasteiger partial charge in [-0.25, -0.2) is 0 Å². The molecule has 1 aliphatic carbocycles. The summed E-state index contributed by atoms with van der Waals surface area (Å²) in [7, 11) is 0. The number of nitrogens with zero attached hydrogens (tertiary/aromatic N) is 1. The second kappa shape index (κ2) is 5.97. The van der Waals surface area contributed by atoms with Crippen molar-refractivity contribution in [3.63, 3.8) is 0 Å². The summed E-state index contributed by atoms with van der Waals surface area (Å²) in [6.07, 6.45) is 4.37. The number of nitrogens with one attached hydrogen (secondary N) is 1. The molecule has 0 saturated heterocycles. The molecule has 1 aliphatic rings. The molecule has 0 spiro atoms. The van der Waals surface area contributed by atoms with E-state index < -0.39 is 5.41 Å². The van der Waals surface area contributed by atoms with Crippen molar-refractivity contribution in [2.75, 3.05) is 5.32 Å². The Morgan fingerprint density at radius 1 is 1.25 bits per heavy atom. The maximum Gasteiger partial charge on any atom is 0.244 e. The van der Waals surface area contributed by atoms with Gasteiger partial charge >= 0.3 is 0 Å². The second-order valence-corrected chi connectivity index (χ2v) is 6.54. The third-order valence-electron chi connectivity index (χ3n) is 4.09. The van der Waals surface area contributed by atoms with Crippen LogP contribution in [0.2, 0.25) is 0 Å². The molecule has 1 aromatic carbocycles. The predicted octanol–water partition coefficient (Wildman–Crippen LogP) is 4.48. The summed E-state index contributed by atoms with van der Waals surface area (Å²) in [6.45, 7) is 3.93. The van der Waals surface area contributed by atoms with Gasteiger partial charge in [0.05, 0.1) is 6.07 Å². The van der Waals surface area contributed by atoms with Gasteiger partial charge in [0.25, 0.3) is 0 Å². The molecule has 1 N–H and O–H groups in total. The van der Waals surface area contributed by atoms with Crippen LogP contribution in [0.25, 0.3) is 0 Å². The van der Waals surface area contributed by atoms with Gasteiger partial charge in [0, 0.05) is 10.2 Å². The average Bonchev–Trinajstić information content (AvgIpc) is 2.43. The molecule has 4 heteroatoms. The molecule has 20 heavy (non-hydrogen) atoms. The van der Waals surface area contributed by atoms with E-state index in [4.69, 9.17) is 0 Å². The van der Waals surface area contributed by atoms with Gasteiger partial charge in [0.15, 0.2) is 0 Å². The third-order valence-corrected chi connectivity index (χ3v) is 4.55. The fourth-order valence-electron chi connectivity index (χ4n) is 2.89. The molecule has 0 aromatic heterocycles. The van der Waals surface area contributed by atoms with Crippen molar-refractivity contribution in [1.82, 2.24) is 0 Å². The minimum Gasteiger partial charge on any atom is -0.324 e. The van der Waals surface area contributed by atoms with Crippen molar-refractivity contribution in [2.24, 2.45) is 5.41 Å². The number of benzene rings is 1. The molecule has 3 nitrogen and oxygen atoms in total. The van der Waals surface area contributed by atoms with E-state index >= 15 is 0 Å². The van der Waals surface area contributed by atoms with Crippen LogP contribution in [-0.4, -0.2) is 5.91 Å². The minimum absolute atomic E-state index is 0.145. The molecule has 2 rings (SSSR count). The Morgan fingerprint density at radius 2 is 1.80 bits per heavy atom. The van der Waals surface area contributed by atoms with Gasteiger partial charge in [-0.15, -0.1) is 0 Å². The molecule has 1 amide bonds. The van der Waals surface area contributed by atoms with Crippen molar-refractivity contribution in [1.29, 1.82) is 5.26 Å². The van der Waals surface area contributed by atoms with E-state index in [0.29, 0.717) is 12.8 Å². The largest absolute Gasteiger partial charge is 0.324 e. The van der Waals surface area contributed by atoms with Crippen LogP contribution in [0, 0.1) is 30.6 Å². The Hall–Kier alpha value is -1.34. The van der Waals surface area contributed by atoms with E-state index in [0.717, 1.165) is 40.5 Å². The van der Waals surface area contributed by atoms with Crippen LogP contribution in [0.1, 0.15) is 43.2 Å². The third kappa shape index (κ3) is 2.88. The molecule has 0 heterocycles. The van der Waals surface area contributed by atoms with Gasteiger partial charge in [-0.1, -0.05) is 35.2 Å². The first-order valence-electron chi connectivity index (χ1n) is 6.98. The summed E-state index contributed by atoms with van der Waals surface area (Å²) in [5.41, 5.74) is 2.01. The molecule has 0 radical (unpaired) electrons. The number of anilines is 1. The fourth-order valence-corrected chi connectivity index (χ4v) is 3.57. The Kier molecular flexibility index (Phi) is 4.49. The average molecular weight is 335 g/mol. The summed E-state index contributed by atoms with van der Waals surface area (Å²) in [5, 5.41) is 12.4. The van der Waals surface area contributed by atoms with Crippen LogP contribution in [0.15, 0.2) is 16.6 Å². The number of halogens is 1. The van der Waals surface area contributed by atoms with Crippen LogP contribution in [0.4, 0.5) is 5.69 Å². The van der Waals surface area contributed by atoms with Crippen LogP contribution < -0.4 is 5.32 Å². The van der Waals surface area contributed by atoms with E-state index in [1.807, 2.05) is 26.0 Å². The molecule has 1 saturated carbocycles. The highest BCUT2D eigenvalue weighted by atomic mass is 79.9. The lowest BCUT2D eigenvalue weighted by molar-refractivity contribution is -0.124. The summed E-state index contributed by atoms with van der Waals surface area (Å²) in [5.74, 6) is -0.145.